The Morgan fingerprint density at radius 1 is 0.889 bits per heavy atom. The van der Waals surface area contributed by atoms with Crippen molar-refractivity contribution in [2.75, 3.05) is 0 Å². The molecule has 1 aliphatic heterocycles. The van der Waals surface area contributed by atoms with Gasteiger partial charge in [0.15, 0.2) is 5.66 Å². The van der Waals surface area contributed by atoms with Crippen molar-refractivity contribution in [1.82, 2.24) is 0 Å². The minimum atomic E-state index is 0. The third kappa shape index (κ3) is 0.865. The Hall–Kier alpha value is -0.400. The fourth-order valence-corrected chi connectivity index (χ4v) is 1.19. The van der Waals surface area contributed by atoms with Crippen LogP contribution < -0.4 is 0 Å². The quantitative estimate of drug-likeness (QED) is 0.543. The van der Waals surface area contributed by atoms with Crippen LogP contribution in [0.4, 0.5) is 0 Å². The number of rotatable bonds is 2. The van der Waals surface area contributed by atoms with Crippen molar-refractivity contribution < 1.29 is 0 Å². The topological polar surface area (TPSA) is 24.7 Å². The van der Waals surface area contributed by atoms with Gasteiger partial charge in [0.2, 0.25) is 0 Å². The second kappa shape index (κ2) is 1.79. The van der Waals surface area contributed by atoms with Crippen LogP contribution in [-0.2, 0) is 0 Å². The van der Waals surface area contributed by atoms with E-state index in [2.05, 4.69) is 37.9 Å². The minimum Gasteiger partial charge on any atom is -0.158 e. The van der Waals surface area contributed by atoms with Crippen LogP contribution in [0.2, 0.25) is 0 Å². The molecule has 0 spiro atoms. The van der Waals surface area contributed by atoms with E-state index >= 15 is 0 Å². The molecule has 2 heteroatoms. The van der Waals surface area contributed by atoms with Gasteiger partial charge < -0.3 is 0 Å². The molecule has 0 N–H and O–H groups in total. The van der Waals surface area contributed by atoms with Gasteiger partial charge in [-0.25, -0.2) is 0 Å². The van der Waals surface area contributed by atoms with Crippen LogP contribution in [0.5, 0.6) is 0 Å². The summed E-state index contributed by atoms with van der Waals surface area (Å²) >= 11 is 0. The molecule has 0 bridgehead atoms. The molecule has 0 aromatic rings. The summed E-state index contributed by atoms with van der Waals surface area (Å²) in [5, 5.41) is 8.12. The maximum absolute atomic E-state index is 4.06. The summed E-state index contributed by atoms with van der Waals surface area (Å²) < 4.78 is 0. The van der Waals surface area contributed by atoms with E-state index in [0.29, 0.717) is 11.8 Å². The summed E-state index contributed by atoms with van der Waals surface area (Å²) in [5.41, 5.74) is 0. The zero-order chi connectivity index (χ0) is 7.07. The summed E-state index contributed by atoms with van der Waals surface area (Å²) in [5.74, 6) is 1.13. The molecule has 0 aliphatic carbocycles. The van der Waals surface area contributed by atoms with Crippen LogP contribution in [-0.4, -0.2) is 5.66 Å². The summed E-state index contributed by atoms with van der Waals surface area (Å²) in [6.45, 7) is 8.67. The summed E-state index contributed by atoms with van der Waals surface area (Å²) in [6.07, 6.45) is 0. The molecule has 0 saturated heterocycles. The maximum Gasteiger partial charge on any atom is 0.195 e. The van der Waals surface area contributed by atoms with E-state index in [4.69, 9.17) is 0 Å². The van der Waals surface area contributed by atoms with Crippen molar-refractivity contribution in [3.05, 3.63) is 0 Å². The molecular weight excluding hydrogens is 112 g/mol. The molecular formula is C7H14N2. The molecule has 9 heavy (non-hydrogen) atoms. The third-order valence-electron chi connectivity index (χ3n) is 2.03. The van der Waals surface area contributed by atoms with Crippen LogP contribution in [0.3, 0.4) is 0 Å². The zero-order valence-corrected chi connectivity index (χ0v) is 6.55. The van der Waals surface area contributed by atoms with Gasteiger partial charge in [-0.3, -0.25) is 0 Å². The normalized spacial score (nSPS) is 21.6. The average molecular weight is 126 g/mol. The Balaban J connectivity index is 2.54. The van der Waals surface area contributed by atoms with Crippen LogP contribution in [0.25, 0.3) is 0 Å². The van der Waals surface area contributed by atoms with Crippen LogP contribution in [0, 0.1) is 11.8 Å². The zero-order valence-electron chi connectivity index (χ0n) is 6.55. The van der Waals surface area contributed by atoms with Crippen molar-refractivity contribution in [1.29, 1.82) is 0 Å². The minimum absolute atomic E-state index is 0. The molecule has 52 valence electrons. The van der Waals surface area contributed by atoms with Crippen molar-refractivity contribution in [3.63, 3.8) is 0 Å². The predicted molar refractivity (Wildman–Crippen MR) is 37.3 cm³/mol. The lowest BCUT2D eigenvalue weighted by Crippen LogP contribution is -2.25. The Morgan fingerprint density at radius 3 is 1.22 bits per heavy atom. The molecule has 0 atom stereocenters. The smallest absolute Gasteiger partial charge is 0.158 e. The van der Waals surface area contributed by atoms with Crippen molar-refractivity contribution in [2.24, 2.45) is 22.1 Å². The highest BCUT2D eigenvalue weighted by Crippen LogP contribution is 2.42. The highest BCUT2D eigenvalue weighted by Gasteiger charge is 2.46. The van der Waals surface area contributed by atoms with Crippen molar-refractivity contribution >= 4 is 0 Å². The van der Waals surface area contributed by atoms with Gasteiger partial charge in [0.1, 0.15) is 0 Å². The Morgan fingerprint density at radius 2 is 1.22 bits per heavy atom. The molecule has 0 radical (unpaired) electrons. The van der Waals surface area contributed by atoms with Crippen LogP contribution in [0.1, 0.15) is 27.7 Å². The van der Waals surface area contributed by atoms with Gasteiger partial charge in [-0.2, -0.15) is 10.2 Å². The third-order valence-corrected chi connectivity index (χ3v) is 2.03. The molecule has 0 saturated carbocycles. The average Bonchev–Trinajstić information content (AvgIpc) is 2.40. The monoisotopic (exact) mass is 126 g/mol. The standard InChI is InChI=1S/C7H14N2/c1-5(2)7(6(3)4)8-9-7/h5-6H,1-4H3. The fraction of sp³-hybridized carbons (Fsp3) is 1.00. The Bertz CT molecular complexity index is 120. The molecule has 2 nitrogen and oxygen atoms in total. The fourth-order valence-electron chi connectivity index (χ4n) is 1.19. The van der Waals surface area contributed by atoms with Gasteiger partial charge in [-0.05, 0) is 0 Å². The van der Waals surface area contributed by atoms with E-state index < -0.39 is 0 Å². The van der Waals surface area contributed by atoms with Gasteiger partial charge in [0.25, 0.3) is 0 Å². The van der Waals surface area contributed by atoms with Gasteiger partial charge in [0.05, 0.1) is 0 Å². The predicted octanol–water partition coefficient (Wildman–Crippen LogP) is 2.46. The number of hydrogen-bond donors (Lipinski definition) is 0. The highest BCUT2D eigenvalue weighted by atomic mass is 15.4. The lowest BCUT2D eigenvalue weighted by atomic mass is 9.89. The Kier molecular flexibility index (Phi) is 1.34. The Labute approximate surface area is 56.4 Å². The molecule has 1 heterocycles. The largest absolute Gasteiger partial charge is 0.195 e. The van der Waals surface area contributed by atoms with Crippen LogP contribution >= 0.6 is 0 Å². The van der Waals surface area contributed by atoms with E-state index in [0.717, 1.165) is 0 Å². The summed E-state index contributed by atoms with van der Waals surface area (Å²) in [4.78, 5) is 0. The molecule has 1 rings (SSSR count). The second-order valence-electron chi connectivity index (χ2n) is 3.29. The number of hydrogen-bond acceptors (Lipinski definition) is 2. The molecule has 0 aromatic carbocycles. The highest BCUT2D eigenvalue weighted by molar-refractivity contribution is 4.98. The molecule has 0 aromatic heterocycles. The van der Waals surface area contributed by atoms with E-state index in [9.17, 15) is 0 Å². The van der Waals surface area contributed by atoms with Crippen LogP contribution in [0.15, 0.2) is 10.2 Å². The van der Waals surface area contributed by atoms with Gasteiger partial charge in [0, 0.05) is 11.8 Å². The van der Waals surface area contributed by atoms with Crippen molar-refractivity contribution in [3.8, 4) is 0 Å². The van der Waals surface area contributed by atoms with Gasteiger partial charge >= 0.3 is 0 Å². The molecule has 0 amide bonds. The van der Waals surface area contributed by atoms with E-state index in [-0.39, 0.29) is 5.66 Å². The maximum atomic E-state index is 4.06. The summed E-state index contributed by atoms with van der Waals surface area (Å²) in [7, 11) is 0. The van der Waals surface area contributed by atoms with Gasteiger partial charge in [-0.1, -0.05) is 27.7 Å². The first kappa shape index (κ1) is 6.72. The molecule has 1 aliphatic rings. The van der Waals surface area contributed by atoms with E-state index in [1.807, 2.05) is 0 Å². The van der Waals surface area contributed by atoms with Crippen molar-refractivity contribution in [2.45, 2.75) is 33.4 Å². The molecule has 0 fully saturated rings. The first-order valence-electron chi connectivity index (χ1n) is 3.53. The molecule has 0 unspecified atom stereocenters. The summed E-state index contributed by atoms with van der Waals surface area (Å²) in [6, 6.07) is 0. The lowest BCUT2D eigenvalue weighted by molar-refractivity contribution is 0.330. The van der Waals surface area contributed by atoms with E-state index in [1.165, 1.54) is 0 Å². The first-order valence-corrected chi connectivity index (χ1v) is 3.53. The van der Waals surface area contributed by atoms with E-state index in [1.54, 1.807) is 0 Å². The SMILES string of the molecule is CC(C)C1(C(C)C)N=N1. The van der Waals surface area contributed by atoms with Gasteiger partial charge in [-0.15, -0.1) is 0 Å². The first-order chi connectivity index (χ1) is 4.09. The lowest BCUT2D eigenvalue weighted by Gasteiger charge is -2.17. The second-order valence-corrected chi connectivity index (χ2v) is 3.29. The number of nitrogens with zero attached hydrogens (tertiary/aromatic N) is 2.